The topological polar surface area (TPSA) is 145 Å². The number of phenols is 1. The van der Waals surface area contributed by atoms with Gasteiger partial charge in [-0.1, -0.05) is 19.9 Å². The van der Waals surface area contributed by atoms with Gasteiger partial charge in [0.25, 0.3) is 5.91 Å². The first-order valence-electron chi connectivity index (χ1n) is 12.4. The smallest absolute Gasteiger partial charge is 0.293 e. The number of nitrogens with zero attached hydrogens (tertiary/aromatic N) is 1. The summed E-state index contributed by atoms with van der Waals surface area (Å²) in [6.07, 6.45) is 2.65. The molecular weight excluding hydrogens is 494 g/mol. The Kier molecular flexibility index (Phi) is 6.59. The van der Waals surface area contributed by atoms with Crippen molar-refractivity contribution in [3.63, 3.8) is 0 Å². The average molecular weight is 526 g/mol. The molecule has 0 saturated heterocycles. The quantitative estimate of drug-likeness (QED) is 0.325. The summed E-state index contributed by atoms with van der Waals surface area (Å²) in [7, 11) is 0. The molecule has 2 aromatic heterocycles. The van der Waals surface area contributed by atoms with E-state index in [2.05, 4.69) is 17.6 Å². The highest BCUT2D eigenvalue weighted by atomic mass is 32.1. The van der Waals surface area contributed by atoms with Crippen LogP contribution in [0.25, 0.3) is 0 Å². The van der Waals surface area contributed by atoms with Gasteiger partial charge in [0.1, 0.15) is 5.75 Å². The van der Waals surface area contributed by atoms with E-state index >= 15 is 0 Å². The number of hydrogen-bond donors (Lipinski definition) is 5. The van der Waals surface area contributed by atoms with Crippen LogP contribution in [0.5, 0.6) is 5.75 Å². The van der Waals surface area contributed by atoms with E-state index in [-0.39, 0.29) is 42.3 Å². The zero-order valence-electron chi connectivity index (χ0n) is 20.7. The van der Waals surface area contributed by atoms with Crippen molar-refractivity contribution in [2.24, 2.45) is 16.7 Å². The minimum atomic E-state index is -0.744. The zero-order valence-corrected chi connectivity index (χ0v) is 21.5. The van der Waals surface area contributed by atoms with Crippen molar-refractivity contribution < 1.29 is 29.3 Å². The van der Waals surface area contributed by atoms with Gasteiger partial charge in [-0.15, -0.1) is 11.3 Å². The molecule has 0 radical (unpaired) electrons. The van der Waals surface area contributed by atoms with Crippen LogP contribution in [0.4, 0.5) is 10.8 Å². The van der Waals surface area contributed by atoms with Crippen molar-refractivity contribution in [2.45, 2.75) is 51.6 Å². The van der Waals surface area contributed by atoms with Crippen LogP contribution in [0.3, 0.4) is 0 Å². The number of aromatic hydroxyl groups is 1. The van der Waals surface area contributed by atoms with Crippen molar-refractivity contribution >= 4 is 34.0 Å². The van der Waals surface area contributed by atoms with E-state index < -0.39 is 22.8 Å². The summed E-state index contributed by atoms with van der Waals surface area (Å²) in [4.78, 5) is 31.6. The van der Waals surface area contributed by atoms with Crippen LogP contribution in [0.15, 0.2) is 47.1 Å². The second kappa shape index (κ2) is 9.59. The number of hydrogen-bond acceptors (Lipinski definition) is 8. The number of thiazole rings is 1. The van der Waals surface area contributed by atoms with Crippen molar-refractivity contribution in [3.8, 4) is 5.75 Å². The van der Waals surface area contributed by atoms with Gasteiger partial charge >= 0.3 is 0 Å². The molecule has 1 aromatic carbocycles. The number of rotatable bonds is 6. The Labute approximate surface area is 218 Å². The number of aliphatic hydroxyl groups is 2. The summed E-state index contributed by atoms with van der Waals surface area (Å²) in [6, 6.07) is 9.59. The Morgan fingerprint density at radius 1 is 1.22 bits per heavy atom. The standard InChI is InChI=1S/C27H31N3O6S/c1-26-9-8-21(33)27(2,14-31)20(26)13-19-23(29-25(37-19)30-24(35)18-7-4-10-36-18)17(26)12-22(34)28-15-5-3-6-16(32)11-15/h3-7,10-11,17,20-21,31-33H,8-9,12-14H2,1-2H3,(H,28,34)(H,29,30,35). The fraction of sp³-hybridized carbons (Fsp3) is 0.444. The van der Waals surface area contributed by atoms with Gasteiger partial charge in [0.05, 0.1) is 24.7 Å². The molecule has 1 saturated carbocycles. The van der Waals surface area contributed by atoms with Crippen molar-refractivity contribution in [1.29, 1.82) is 0 Å². The van der Waals surface area contributed by atoms with Crippen LogP contribution < -0.4 is 10.6 Å². The molecule has 0 bridgehead atoms. The second-order valence-corrected chi connectivity index (χ2v) is 11.7. The third-order valence-corrected chi connectivity index (χ3v) is 9.39. The fourth-order valence-electron chi connectivity index (χ4n) is 6.25. The summed E-state index contributed by atoms with van der Waals surface area (Å²) in [5, 5.41) is 37.2. The number of carbonyl (C=O) groups excluding carboxylic acids is 2. The molecule has 0 spiro atoms. The molecule has 2 amide bonds. The van der Waals surface area contributed by atoms with Gasteiger partial charge < -0.3 is 25.1 Å². The van der Waals surface area contributed by atoms with E-state index in [4.69, 9.17) is 9.40 Å². The minimum Gasteiger partial charge on any atom is -0.508 e. The molecule has 5 unspecified atom stereocenters. The van der Waals surface area contributed by atoms with Crippen LogP contribution in [0.1, 0.15) is 60.2 Å². The number of anilines is 2. The first-order valence-corrected chi connectivity index (χ1v) is 13.2. The van der Waals surface area contributed by atoms with Gasteiger partial charge in [0.2, 0.25) is 5.91 Å². The SMILES string of the molecule is CC1(CO)C(O)CCC2(C)C(CC(=O)Nc3cccc(O)c3)c3nc(NC(=O)c4ccco4)sc3CC12. The average Bonchev–Trinajstić information content (AvgIpc) is 3.53. The van der Waals surface area contributed by atoms with Gasteiger partial charge in [0.15, 0.2) is 10.9 Å². The Hall–Kier alpha value is -3.21. The van der Waals surface area contributed by atoms with Crippen molar-refractivity contribution in [3.05, 3.63) is 59.0 Å². The monoisotopic (exact) mass is 525 g/mol. The molecule has 37 heavy (non-hydrogen) atoms. The molecule has 5 atom stereocenters. The third kappa shape index (κ3) is 4.54. The zero-order chi connectivity index (χ0) is 26.4. The normalized spacial score (nSPS) is 28.7. The van der Waals surface area contributed by atoms with Crippen LogP contribution in [0.2, 0.25) is 0 Å². The Morgan fingerprint density at radius 2 is 2.03 bits per heavy atom. The summed E-state index contributed by atoms with van der Waals surface area (Å²) < 4.78 is 5.19. The van der Waals surface area contributed by atoms with Gasteiger partial charge in [-0.3, -0.25) is 14.9 Å². The van der Waals surface area contributed by atoms with Gasteiger partial charge in [-0.05, 0) is 54.9 Å². The lowest BCUT2D eigenvalue weighted by molar-refractivity contribution is -0.143. The summed E-state index contributed by atoms with van der Waals surface area (Å²) in [5.41, 5.74) is 0.0931. The molecule has 0 aliphatic heterocycles. The fourth-order valence-corrected chi connectivity index (χ4v) is 7.31. The summed E-state index contributed by atoms with van der Waals surface area (Å²) >= 11 is 1.35. The van der Waals surface area contributed by atoms with Crippen molar-refractivity contribution in [2.75, 3.05) is 17.2 Å². The number of aliphatic hydroxyl groups excluding tert-OH is 2. The number of amides is 2. The number of aromatic nitrogens is 1. The predicted octanol–water partition coefficient (Wildman–Crippen LogP) is 4.14. The Bertz CT molecular complexity index is 1310. The highest BCUT2D eigenvalue weighted by Gasteiger charge is 2.59. The van der Waals surface area contributed by atoms with Crippen LogP contribution >= 0.6 is 11.3 Å². The van der Waals surface area contributed by atoms with Crippen LogP contribution in [-0.4, -0.2) is 44.8 Å². The first kappa shape index (κ1) is 25.4. The molecule has 9 nitrogen and oxygen atoms in total. The van der Waals surface area contributed by atoms with E-state index in [1.54, 1.807) is 24.3 Å². The van der Waals surface area contributed by atoms with Gasteiger partial charge in [-0.2, -0.15) is 0 Å². The van der Waals surface area contributed by atoms with Gasteiger partial charge in [0, 0.05) is 34.4 Å². The number of furan rings is 1. The maximum Gasteiger partial charge on any atom is 0.293 e. The molecule has 10 heteroatoms. The molecule has 5 rings (SSSR count). The maximum atomic E-state index is 13.3. The summed E-state index contributed by atoms with van der Waals surface area (Å²) in [6.45, 7) is 3.86. The number of carbonyl (C=O) groups is 2. The van der Waals surface area contributed by atoms with E-state index in [1.165, 1.54) is 29.7 Å². The first-order chi connectivity index (χ1) is 17.6. The number of nitrogens with one attached hydrogen (secondary N) is 2. The molecule has 1 fully saturated rings. The minimum absolute atomic E-state index is 0.0567. The molecule has 2 heterocycles. The van der Waals surface area contributed by atoms with E-state index in [0.717, 1.165) is 10.6 Å². The molecule has 196 valence electrons. The molecule has 3 aromatic rings. The molecule has 2 aliphatic carbocycles. The molecule has 5 N–H and O–H groups in total. The maximum absolute atomic E-state index is 13.3. The predicted molar refractivity (Wildman–Crippen MR) is 139 cm³/mol. The van der Waals surface area contributed by atoms with E-state index in [1.807, 2.05) is 6.92 Å². The third-order valence-electron chi connectivity index (χ3n) is 8.38. The second-order valence-electron chi connectivity index (χ2n) is 10.6. The Morgan fingerprint density at radius 3 is 2.73 bits per heavy atom. The van der Waals surface area contributed by atoms with Crippen LogP contribution in [0, 0.1) is 16.7 Å². The van der Waals surface area contributed by atoms with Gasteiger partial charge in [-0.25, -0.2) is 4.98 Å². The lowest BCUT2D eigenvalue weighted by Crippen LogP contribution is -2.57. The van der Waals surface area contributed by atoms with E-state index in [0.29, 0.717) is 30.1 Å². The lowest BCUT2D eigenvalue weighted by Gasteiger charge is -2.58. The molecule has 2 aliphatic rings. The summed E-state index contributed by atoms with van der Waals surface area (Å²) in [5.74, 6) is -0.813. The highest BCUT2D eigenvalue weighted by Crippen LogP contribution is 2.62. The highest BCUT2D eigenvalue weighted by molar-refractivity contribution is 7.15. The van der Waals surface area contributed by atoms with Crippen LogP contribution in [-0.2, 0) is 11.2 Å². The number of phenolic OH excluding ortho intramolecular Hbond substituents is 1. The number of benzene rings is 1. The van der Waals surface area contributed by atoms with Crippen molar-refractivity contribution in [1.82, 2.24) is 4.98 Å². The number of fused-ring (bicyclic) bond motifs is 2. The van der Waals surface area contributed by atoms with E-state index in [9.17, 15) is 24.9 Å². The Balaban J connectivity index is 1.49. The molecular formula is C27H31N3O6S. The lowest BCUT2D eigenvalue weighted by atomic mass is 9.47. The largest absolute Gasteiger partial charge is 0.508 e.